The van der Waals surface area contributed by atoms with Crippen molar-refractivity contribution < 1.29 is 4.79 Å². The Balaban J connectivity index is 1.75. The minimum Gasteiger partial charge on any atom is -0.332 e. The molecule has 1 atom stereocenters. The summed E-state index contributed by atoms with van der Waals surface area (Å²) in [6.07, 6.45) is 6.01. The van der Waals surface area contributed by atoms with Gasteiger partial charge in [-0.1, -0.05) is 12.8 Å². The molecule has 7 nitrogen and oxygen atoms in total. The van der Waals surface area contributed by atoms with Crippen LogP contribution >= 0.6 is 0 Å². The number of hydrogen-bond acceptors (Lipinski definition) is 4. The van der Waals surface area contributed by atoms with Crippen LogP contribution in [0.5, 0.6) is 0 Å². The number of nitrogens with zero attached hydrogens (tertiary/aromatic N) is 4. The Morgan fingerprint density at radius 1 is 1.32 bits per heavy atom. The predicted octanol–water partition coefficient (Wildman–Crippen LogP) is 2.95. The van der Waals surface area contributed by atoms with Gasteiger partial charge in [0.2, 0.25) is 0 Å². The van der Waals surface area contributed by atoms with E-state index in [1.165, 1.54) is 0 Å². The van der Waals surface area contributed by atoms with Crippen molar-refractivity contribution in [2.75, 3.05) is 6.54 Å². The molecule has 0 aromatic carbocycles. The Morgan fingerprint density at radius 3 is 2.88 bits per heavy atom. The fourth-order valence-electron chi connectivity index (χ4n) is 3.57. The predicted molar refractivity (Wildman–Crippen MR) is 95.0 cm³/mol. The summed E-state index contributed by atoms with van der Waals surface area (Å²) in [5.74, 6) is 0.712. The van der Waals surface area contributed by atoms with Crippen molar-refractivity contribution in [1.29, 1.82) is 0 Å². The molecule has 0 saturated carbocycles. The van der Waals surface area contributed by atoms with Gasteiger partial charge in [0, 0.05) is 24.0 Å². The van der Waals surface area contributed by atoms with Crippen LogP contribution in [0, 0.1) is 20.8 Å². The average Bonchev–Trinajstić information content (AvgIpc) is 2.79. The molecule has 134 valence electrons. The van der Waals surface area contributed by atoms with E-state index in [0.717, 1.165) is 54.9 Å². The van der Waals surface area contributed by atoms with E-state index in [9.17, 15) is 4.79 Å². The number of carbonyl (C=O) groups excluding carboxylic acids is 1. The second kappa shape index (κ2) is 7.63. The van der Waals surface area contributed by atoms with Gasteiger partial charge in [0.25, 0.3) is 0 Å². The van der Waals surface area contributed by atoms with Crippen molar-refractivity contribution in [1.82, 2.24) is 30.4 Å². The highest BCUT2D eigenvalue weighted by molar-refractivity contribution is 5.75. The van der Waals surface area contributed by atoms with Gasteiger partial charge < -0.3 is 10.2 Å². The first-order valence-corrected chi connectivity index (χ1v) is 8.90. The van der Waals surface area contributed by atoms with Gasteiger partial charge in [-0.2, -0.15) is 5.10 Å². The Morgan fingerprint density at radius 2 is 2.16 bits per heavy atom. The molecule has 1 fully saturated rings. The van der Waals surface area contributed by atoms with Crippen molar-refractivity contribution in [3.63, 3.8) is 0 Å². The summed E-state index contributed by atoms with van der Waals surface area (Å²) < 4.78 is 0. The molecule has 1 saturated heterocycles. The molecule has 2 N–H and O–H groups in total. The lowest BCUT2D eigenvalue weighted by Gasteiger charge is -2.30. The SMILES string of the molecule is Cc1nccc(CNC(=O)N2CCCCC[C@@H]2c2c(C)n[nH]c2C)n1. The minimum atomic E-state index is -0.0387. The molecular formula is C18H26N6O. The fourth-order valence-corrected chi connectivity index (χ4v) is 3.57. The maximum absolute atomic E-state index is 12.9. The minimum absolute atomic E-state index is 0.0387. The summed E-state index contributed by atoms with van der Waals surface area (Å²) in [6.45, 7) is 7.06. The zero-order valence-corrected chi connectivity index (χ0v) is 15.2. The summed E-state index contributed by atoms with van der Waals surface area (Å²) in [5, 5.41) is 10.4. The quantitative estimate of drug-likeness (QED) is 0.898. The highest BCUT2D eigenvalue weighted by Gasteiger charge is 2.30. The van der Waals surface area contributed by atoms with Gasteiger partial charge in [0.05, 0.1) is 24.0 Å². The molecule has 3 rings (SSSR count). The summed E-state index contributed by atoms with van der Waals surface area (Å²) in [4.78, 5) is 23.3. The van der Waals surface area contributed by atoms with E-state index in [1.807, 2.05) is 31.7 Å². The number of rotatable bonds is 3. The van der Waals surface area contributed by atoms with Gasteiger partial charge in [-0.15, -0.1) is 0 Å². The van der Waals surface area contributed by atoms with Gasteiger partial charge in [0.1, 0.15) is 5.82 Å². The normalized spacial score (nSPS) is 18.0. The van der Waals surface area contributed by atoms with E-state index in [-0.39, 0.29) is 12.1 Å². The summed E-state index contributed by atoms with van der Waals surface area (Å²) in [5.41, 5.74) is 4.01. The zero-order valence-electron chi connectivity index (χ0n) is 15.2. The molecule has 0 aliphatic carbocycles. The second-order valence-corrected chi connectivity index (χ2v) is 6.66. The number of aromatic nitrogens is 4. The molecule has 0 radical (unpaired) electrons. The number of nitrogens with one attached hydrogen (secondary N) is 2. The lowest BCUT2D eigenvalue weighted by molar-refractivity contribution is 0.175. The van der Waals surface area contributed by atoms with Crippen molar-refractivity contribution in [3.8, 4) is 0 Å². The maximum atomic E-state index is 12.9. The molecule has 2 amide bonds. The first-order chi connectivity index (χ1) is 12.1. The van der Waals surface area contributed by atoms with Crippen LogP contribution in [-0.4, -0.2) is 37.6 Å². The largest absolute Gasteiger partial charge is 0.332 e. The van der Waals surface area contributed by atoms with Crippen LogP contribution in [0.15, 0.2) is 12.3 Å². The first kappa shape index (κ1) is 17.4. The zero-order chi connectivity index (χ0) is 17.8. The van der Waals surface area contributed by atoms with Crippen molar-refractivity contribution in [3.05, 3.63) is 40.7 Å². The number of likely N-dealkylation sites (tertiary alicyclic amines) is 1. The van der Waals surface area contributed by atoms with Crippen LogP contribution in [0.4, 0.5) is 4.79 Å². The number of amides is 2. The highest BCUT2D eigenvalue weighted by atomic mass is 16.2. The molecular weight excluding hydrogens is 316 g/mol. The van der Waals surface area contributed by atoms with Gasteiger partial charge >= 0.3 is 6.03 Å². The molecule has 3 heterocycles. The summed E-state index contributed by atoms with van der Waals surface area (Å²) >= 11 is 0. The van der Waals surface area contributed by atoms with Crippen LogP contribution in [0.3, 0.4) is 0 Å². The lowest BCUT2D eigenvalue weighted by atomic mass is 9.99. The third kappa shape index (κ3) is 3.97. The summed E-state index contributed by atoms with van der Waals surface area (Å²) in [7, 11) is 0. The number of aromatic amines is 1. The third-order valence-corrected chi connectivity index (χ3v) is 4.79. The number of hydrogen-bond donors (Lipinski definition) is 2. The van der Waals surface area contributed by atoms with Gasteiger partial charge in [-0.3, -0.25) is 5.10 Å². The van der Waals surface area contributed by atoms with Crippen LogP contribution in [-0.2, 0) is 6.54 Å². The van der Waals surface area contributed by atoms with E-state index in [4.69, 9.17) is 0 Å². The second-order valence-electron chi connectivity index (χ2n) is 6.66. The van der Waals surface area contributed by atoms with Gasteiger partial charge in [-0.05, 0) is 39.7 Å². The molecule has 0 spiro atoms. The standard InChI is InChI=1S/C18H26N6O/c1-12-17(13(2)23-22-12)16-7-5-4-6-10-24(16)18(25)20-11-15-8-9-19-14(3)21-15/h8-9,16H,4-7,10-11H2,1-3H3,(H,20,25)(H,22,23)/t16-/m1/s1. The molecule has 0 bridgehead atoms. The number of carbonyl (C=O) groups is 1. The summed E-state index contributed by atoms with van der Waals surface area (Å²) in [6, 6.07) is 1.87. The van der Waals surface area contributed by atoms with E-state index in [1.54, 1.807) is 6.20 Å². The highest BCUT2D eigenvalue weighted by Crippen LogP contribution is 2.33. The Kier molecular flexibility index (Phi) is 5.31. The Hall–Kier alpha value is -2.44. The number of H-pyrrole nitrogens is 1. The van der Waals surface area contributed by atoms with E-state index in [2.05, 4.69) is 25.5 Å². The molecule has 1 aliphatic heterocycles. The van der Waals surface area contributed by atoms with Crippen molar-refractivity contribution >= 4 is 6.03 Å². The monoisotopic (exact) mass is 342 g/mol. The van der Waals surface area contributed by atoms with E-state index in [0.29, 0.717) is 12.4 Å². The Labute approximate surface area is 148 Å². The molecule has 2 aromatic rings. The molecule has 1 aliphatic rings. The maximum Gasteiger partial charge on any atom is 0.318 e. The van der Waals surface area contributed by atoms with Crippen molar-refractivity contribution in [2.24, 2.45) is 0 Å². The lowest BCUT2D eigenvalue weighted by Crippen LogP contribution is -2.42. The topological polar surface area (TPSA) is 86.8 Å². The Bertz CT molecular complexity index is 721. The smallest absolute Gasteiger partial charge is 0.318 e. The first-order valence-electron chi connectivity index (χ1n) is 8.90. The van der Waals surface area contributed by atoms with Crippen LogP contribution in [0.25, 0.3) is 0 Å². The third-order valence-electron chi connectivity index (χ3n) is 4.79. The molecule has 0 unspecified atom stereocenters. The van der Waals surface area contributed by atoms with Gasteiger partial charge in [-0.25, -0.2) is 14.8 Å². The molecule has 25 heavy (non-hydrogen) atoms. The van der Waals surface area contributed by atoms with Gasteiger partial charge in [0.15, 0.2) is 0 Å². The van der Waals surface area contributed by atoms with E-state index >= 15 is 0 Å². The average molecular weight is 342 g/mol. The molecule has 2 aromatic heterocycles. The van der Waals surface area contributed by atoms with Crippen molar-refractivity contribution in [2.45, 2.75) is 59.0 Å². The molecule has 7 heteroatoms. The van der Waals surface area contributed by atoms with Crippen LogP contribution in [0.1, 0.15) is 60.2 Å². The van der Waals surface area contributed by atoms with Crippen LogP contribution < -0.4 is 5.32 Å². The van der Waals surface area contributed by atoms with E-state index < -0.39 is 0 Å². The number of urea groups is 1. The van der Waals surface area contributed by atoms with Crippen LogP contribution in [0.2, 0.25) is 0 Å². The fraction of sp³-hybridized carbons (Fsp3) is 0.556. The number of aryl methyl sites for hydroxylation is 3.